The quantitative estimate of drug-likeness (QED) is 0.154. The largest absolute Gasteiger partial charge is 0.0579 e. The summed E-state index contributed by atoms with van der Waals surface area (Å²) in [5.41, 5.74) is 21.0. The summed E-state index contributed by atoms with van der Waals surface area (Å²) in [6.45, 7) is 27.3. The number of rotatable bonds is 4. The molecule has 72 heavy (non-hydrogen) atoms. The van der Waals surface area contributed by atoms with E-state index in [0.717, 1.165) is 0 Å². The molecule has 13 aromatic carbocycles. The second-order valence-corrected chi connectivity index (χ2v) is 23.7. The van der Waals surface area contributed by atoms with E-state index in [9.17, 15) is 0 Å². The SMILES string of the molecule is Cc1cc(C)c(-c2cc3c4ccc5c(cc6c7cc(-c8ccc(C(C)(C)C)cc8)ccc7c7cc(-c8c(C)cc(C)cc8C)cc5c76)c4cc4c5cc(-c6ccc(C(C)(C)C)cc6)ccc5c(c2)c34)c(C)c1. The summed E-state index contributed by atoms with van der Waals surface area (Å²) in [5.74, 6) is 0. The van der Waals surface area contributed by atoms with Crippen LogP contribution in [-0.2, 0) is 10.8 Å². The highest BCUT2D eigenvalue weighted by Gasteiger charge is 2.24. The fourth-order valence-electron chi connectivity index (χ4n) is 13.2. The molecule has 0 aromatic heterocycles. The molecule has 0 aliphatic rings. The molecule has 13 aromatic rings. The molecular formula is C72H62. The van der Waals surface area contributed by atoms with Crippen LogP contribution >= 0.6 is 0 Å². The molecule has 0 unspecified atom stereocenters. The van der Waals surface area contributed by atoms with Crippen LogP contribution in [0.3, 0.4) is 0 Å². The number of fused-ring (bicyclic) bond motifs is 11. The predicted molar refractivity (Wildman–Crippen MR) is 316 cm³/mol. The van der Waals surface area contributed by atoms with Crippen LogP contribution in [0.2, 0.25) is 0 Å². The summed E-state index contributed by atoms with van der Waals surface area (Å²) in [6.07, 6.45) is 0. The van der Waals surface area contributed by atoms with E-state index < -0.39 is 0 Å². The average Bonchev–Trinajstić information content (AvgIpc) is 3.82. The van der Waals surface area contributed by atoms with Gasteiger partial charge in [-0.3, -0.25) is 0 Å². The summed E-state index contributed by atoms with van der Waals surface area (Å²) in [5, 5.41) is 21.1. The lowest BCUT2D eigenvalue weighted by atomic mass is 9.86. The minimum atomic E-state index is 0.0958. The molecular weight excluding hydrogens is 865 g/mol. The normalized spacial score (nSPS) is 12.7. The van der Waals surface area contributed by atoms with Crippen LogP contribution in [-0.4, -0.2) is 0 Å². The standard InChI is InChI=1S/C72H62/c1-39-27-41(3)67(42(4)28-39)49-33-61-53-23-17-47(45-13-19-51(20-14-45)71(7,8)9)31-57(53)65-37-59-55(63(35-49)69(61)65)25-26-56-60(59)38-66-58-32-48(46-15-21-52(22-16-46)72(10,11)12)18-24-54(58)62-34-50(36-64(56)70(62)66)68-43(5)29-40(2)30-44(68)6/h13-38H,1-12H3. The molecule has 0 nitrogen and oxygen atoms in total. The third-order valence-corrected chi connectivity index (χ3v) is 16.6. The van der Waals surface area contributed by atoms with Gasteiger partial charge in [0.15, 0.2) is 0 Å². The number of hydrogen-bond acceptors (Lipinski definition) is 0. The Balaban J connectivity index is 1.16. The topological polar surface area (TPSA) is 0 Å². The minimum Gasteiger partial charge on any atom is -0.0579 e. The molecule has 13 rings (SSSR count). The third kappa shape index (κ3) is 6.71. The first-order valence-electron chi connectivity index (χ1n) is 26.1. The van der Waals surface area contributed by atoms with E-state index >= 15 is 0 Å². The summed E-state index contributed by atoms with van der Waals surface area (Å²) in [4.78, 5) is 0. The summed E-state index contributed by atoms with van der Waals surface area (Å²) in [7, 11) is 0. The molecule has 0 amide bonds. The van der Waals surface area contributed by atoms with Crippen LogP contribution in [0.5, 0.6) is 0 Å². The smallest absolute Gasteiger partial charge is 0.00195 e. The van der Waals surface area contributed by atoms with Crippen molar-refractivity contribution in [3.05, 3.63) is 202 Å². The van der Waals surface area contributed by atoms with Crippen LogP contribution in [0, 0.1) is 41.5 Å². The van der Waals surface area contributed by atoms with Crippen molar-refractivity contribution in [1.82, 2.24) is 0 Å². The summed E-state index contributed by atoms with van der Waals surface area (Å²) < 4.78 is 0. The molecule has 0 atom stereocenters. The zero-order valence-electron chi connectivity index (χ0n) is 44.0. The van der Waals surface area contributed by atoms with Crippen LogP contribution in [0.15, 0.2) is 158 Å². The van der Waals surface area contributed by atoms with E-state index in [1.165, 1.54) is 175 Å². The zero-order chi connectivity index (χ0) is 49.9. The Hall–Kier alpha value is -7.54. The molecule has 0 saturated heterocycles. The van der Waals surface area contributed by atoms with Crippen molar-refractivity contribution in [3.63, 3.8) is 0 Å². The lowest BCUT2D eigenvalue weighted by Gasteiger charge is -2.19. The Bertz CT molecular complexity index is 4070. The Morgan fingerprint density at radius 2 is 0.472 bits per heavy atom. The van der Waals surface area contributed by atoms with E-state index in [1.54, 1.807) is 0 Å². The first-order chi connectivity index (χ1) is 34.4. The van der Waals surface area contributed by atoms with Crippen LogP contribution in [0.1, 0.15) is 86.1 Å². The number of hydrogen-bond donors (Lipinski definition) is 0. The molecule has 0 fully saturated rings. The molecule has 0 heteroatoms. The first kappa shape index (κ1) is 44.4. The molecule has 0 spiro atoms. The monoisotopic (exact) mass is 926 g/mol. The Labute approximate surface area is 424 Å². The van der Waals surface area contributed by atoms with Gasteiger partial charge in [-0.1, -0.05) is 162 Å². The molecule has 0 N–H and O–H groups in total. The zero-order valence-corrected chi connectivity index (χ0v) is 44.0. The van der Waals surface area contributed by atoms with Crippen LogP contribution < -0.4 is 0 Å². The highest BCUT2D eigenvalue weighted by molar-refractivity contribution is 6.41. The van der Waals surface area contributed by atoms with Gasteiger partial charge in [0.2, 0.25) is 0 Å². The Morgan fingerprint density at radius 3 is 0.778 bits per heavy atom. The Morgan fingerprint density at radius 1 is 0.222 bits per heavy atom. The molecule has 0 aliphatic heterocycles. The van der Waals surface area contributed by atoms with E-state index in [4.69, 9.17) is 0 Å². The molecule has 350 valence electrons. The maximum absolute atomic E-state index is 2.56. The molecule has 0 heterocycles. The molecule has 0 aliphatic carbocycles. The third-order valence-electron chi connectivity index (χ3n) is 16.6. The highest BCUT2D eigenvalue weighted by atomic mass is 14.3. The van der Waals surface area contributed by atoms with Gasteiger partial charge in [0.25, 0.3) is 0 Å². The first-order valence-corrected chi connectivity index (χ1v) is 26.1. The molecule has 0 saturated carbocycles. The van der Waals surface area contributed by atoms with Crippen molar-refractivity contribution in [3.8, 4) is 44.5 Å². The van der Waals surface area contributed by atoms with Crippen molar-refractivity contribution in [2.24, 2.45) is 0 Å². The maximum atomic E-state index is 2.56. The van der Waals surface area contributed by atoms with Gasteiger partial charge in [-0.2, -0.15) is 0 Å². The van der Waals surface area contributed by atoms with Gasteiger partial charge in [0, 0.05) is 0 Å². The van der Waals surface area contributed by atoms with Gasteiger partial charge < -0.3 is 0 Å². The van der Waals surface area contributed by atoms with Crippen LogP contribution in [0.25, 0.3) is 131 Å². The van der Waals surface area contributed by atoms with Crippen molar-refractivity contribution in [2.75, 3.05) is 0 Å². The van der Waals surface area contributed by atoms with Crippen molar-refractivity contribution < 1.29 is 0 Å². The van der Waals surface area contributed by atoms with Crippen LogP contribution in [0.4, 0.5) is 0 Å². The Kier molecular flexibility index (Phi) is 9.55. The minimum absolute atomic E-state index is 0.0958. The van der Waals surface area contributed by atoms with Gasteiger partial charge in [0.1, 0.15) is 0 Å². The predicted octanol–water partition coefficient (Wildman–Crippen LogP) is 20.9. The van der Waals surface area contributed by atoms with Crippen molar-refractivity contribution in [2.45, 2.75) is 93.9 Å². The fourth-order valence-corrected chi connectivity index (χ4v) is 13.2. The van der Waals surface area contributed by atoms with Gasteiger partial charge in [0.05, 0.1) is 0 Å². The summed E-state index contributed by atoms with van der Waals surface area (Å²) in [6, 6.07) is 62.4. The van der Waals surface area contributed by atoms with Crippen molar-refractivity contribution in [1.29, 1.82) is 0 Å². The molecule has 0 radical (unpaired) electrons. The van der Waals surface area contributed by atoms with Gasteiger partial charge in [-0.25, -0.2) is 0 Å². The van der Waals surface area contributed by atoms with Gasteiger partial charge >= 0.3 is 0 Å². The second-order valence-electron chi connectivity index (χ2n) is 23.7. The highest BCUT2D eigenvalue weighted by Crippen LogP contribution is 2.51. The van der Waals surface area contributed by atoms with E-state index in [1.807, 2.05) is 0 Å². The van der Waals surface area contributed by atoms with E-state index in [0.29, 0.717) is 0 Å². The van der Waals surface area contributed by atoms with Crippen molar-refractivity contribution >= 4 is 86.2 Å². The lowest BCUT2D eigenvalue weighted by molar-refractivity contribution is 0.590. The van der Waals surface area contributed by atoms with E-state index in [-0.39, 0.29) is 10.8 Å². The molecule has 0 bridgehead atoms. The van der Waals surface area contributed by atoms with Gasteiger partial charge in [-0.05, 0) is 265 Å². The number of aryl methyl sites for hydroxylation is 6. The average molecular weight is 927 g/mol. The van der Waals surface area contributed by atoms with Gasteiger partial charge in [-0.15, -0.1) is 0 Å². The van der Waals surface area contributed by atoms with E-state index in [2.05, 4.69) is 241 Å². The number of benzene rings is 11. The summed E-state index contributed by atoms with van der Waals surface area (Å²) >= 11 is 0. The fraction of sp³-hybridized carbons (Fsp3) is 0.194. The second kappa shape index (κ2) is 15.5. The maximum Gasteiger partial charge on any atom is -0.00195 e. The lowest BCUT2D eigenvalue weighted by Crippen LogP contribution is -2.10.